The van der Waals surface area contributed by atoms with Crippen molar-refractivity contribution in [3.05, 3.63) is 88.1 Å². The largest absolute Gasteiger partial charge is 0.469 e. The molecule has 2 amide bonds. The molecule has 0 aliphatic carbocycles. The highest BCUT2D eigenvalue weighted by molar-refractivity contribution is 7.12. The number of hydrogen-bond acceptors (Lipinski definition) is 5. The molecule has 0 aliphatic rings. The van der Waals surface area contributed by atoms with Crippen molar-refractivity contribution in [2.75, 3.05) is 19.0 Å². The Labute approximate surface area is 179 Å². The first-order valence-electron chi connectivity index (χ1n) is 9.42. The van der Waals surface area contributed by atoms with Crippen LogP contribution in [0.5, 0.6) is 0 Å². The molecule has 7 heteroatoms. The number of nitrogens with one attached hydrogen (secondary N) is 1. The molecule has 6 nitrogen and oxygen atoms in total. The summed E-state index contributed by atoms with van der Waals surface area (Å²) in [6.45, 7) is 0.592. The lowest BCUT2D eigenvalue weighted by atomic mass is 10.1. The Hall–Kier alpha value is -3.45. The molecule has 0 aliphatic heterocycles. The first-order valence-corrected chi connectivity index (χ1v) is 10.3. The van der Waals surface area contributed by atoms with Crippen molar-refractivity contribution in [1.29, 1.82) is 0 Å². The van der Waals surface area contributed by atoms with Gasteiger partial charge in [-0.15, -0.1) is 11.3 Å². The number of benzene rings is 2. The molecular weight excluding hydrogens is 400 g/mol. The van der Waals surface area contributed by atoms with E-state index in [1.165, 1.54) is 18.4 Å². The smallest absolute Gasteiger partial charge is 0.307 e. The number of carbonyl (C=O) groups excluding carboxylic acids is 3. The van der Waals surface area contributed by atoms with Gasteiger partial charge in [-0.25, -0.2) is 0 Å². The fourth-order valence-corrected chi connectivity index (χ4v) is 3.52. The van der Waals surface area contributed by atoms with E-state index in [9.17, 15) is 14.4 Å². The number of ether oxygens (including phenoxy) is 1. The van der Waals surface area contributed by atoms with Gasteiger partial charge < -0.3 is 15.0 Å². The van der Waals surface area contributed by atoms with E-state index in [1.807, 2.05) is 41.8 Å². The van der Waals surface area contributed by atoms with Gasteiger partial charge in [-0.3, -0.25) is 14.4 Å². The zero-order valence-electron chi connectivity index (χ0n) is 16.5. The zero-order valence-corrected chi connectivity index (χ0v) is 17.4. The van der Waals surface area contributed by atoms with Gasteiger partial charge >= 0.3 is 5.97 Å². The van der Waals surface area contributed by atoms with E-state index in [0.29, 0.717) is 22.7 Å². The normalized spacial score (nSPS) is 10.3. The number of nitrogens with zero attached hydrogens (tertiary/aromatic N) is 1. The number of methoxy groups -OCH3 is 1. The van der Waals surface area contributed by atoms with Gasteiger partial charge in [0.05, 0.1) is 18.4 Å². The van der Waals surface area contributed by atoms with Crippen LogP contribution >= 0.6 is 11.3 Å². The fraction of sp³-hybridized carbons (Fsp3) is 0.174. The van der Waals surface area contributed by atoms with Crippen LogP contribution in [-0.4, -0.2) is 36.3 Å². The van der Waals surface area contributed by atoms with Gasteiger partial charge in [-0.2, -0.15) is 0 Å². The Morgan fingerprint density at radius 1 is 1.00 bits per heavy atom. The lowest BCUT2D eigenvalue weighted by Crippen LogP contribution is -2.32. The van der Waals surface area contributed by atoms with Gasteiger partial charge in [0.25, 0.3) is 11.8 Å². The summed E-state index contributed by atoms with van der Waals surface area (Å²) in [4.78, 5) is 39.3. The lowest BCUT2D eigenvalue weighted by Gasteiger charge is -2.23. The van der Waals surface area contributed by atoms with Crippen molar-refractivity contribution in [3.8, 4) is 0 Å². The highest BCUT2D eigenvalue weighted by atomic mass is 32.1. The lowest BCUT2D eigenvalue weighted by molar-refractivity contribution is -0.140. The molecule has 0 atom stereocenters. The first kappa shape index (κ1) is 21.3. The summed E-state index contributed by atoms with van der Waals surface area (Å²) in [6, 6.07) is 19.9. The van der Waals surface area contributed by atoms with Crippen LogP contribution in [0.3, 0.4) is 0 Å². The maximum Gasteiger partial charge on any atom is 0.307 e. The van der Waals surface area contributed by atoms with E-state index in [0.717, 1.165) is 5.56 Å². The highest BCUT2D eigenvalue weighted by Crippen LogP contribution is 2.17. The molecular formula is C23H22N2O4S. The molecule has 0 saturated heterocycles. The van der Waals surface area contributed by atoms with Gasteiger partial charge in [-0.05, 0) is 35.2 Å². The molecule has 0 radical (unpaired) electrons. The quantitative estimate of drug-likeness (QED) is 0.552. The standard InChI is InChI=1S/C23H22N2O4S/c1-29-21(26)12-13-25(16-17-7-3-2-4-8-17)23(28)18-9-5-10-19(15-18)24-22(27)20-11-6-14-30-20/h2-11,14-15H,12-13,16H2,1H3,(H,24,27). The molecule has 0 spiro atoms. The number of hydrogen-bond donors (Lipinski definition) is 1. The fourth-order valence-electron chi connectivity index (χ4n) is 2.90. The molecule has 0 saturated carbocycles. The van der Waals surface area contributed by atoms with Crippen molar-refractivity contribution in [1.82, 2.24) is 4.90 Å². The van der Waals surface area contributed by atoms with Crippen LogP contribution in [-0.2, 0) is 16.1 Å². The minimum Gasteiger partial charge on any atom is -0.469 e. The third-order valence-electron chi connectivity index (χ3n) is 4.43. The minimum atomic E-state index is -0.377. The highest BCUT2D eigenvalue weighted by Gasteiger charge is 2.18. The van der Waals surface area contributed by atoms with E-state index in [1.54, 1.807) is 35.2 Å². The van der Waals surface area contributed by atoms with Crippen LogP contribution < -0.4 is 5.32 Å². The first-order chi connectivity index (χ1) is 14.6. The van der Waals surface area contributed by atoms with E-state index in [4.69, 9.17) is 4.74 Å². The molecule has 1 aromatic heterocycles. The summed E-state index contributed by atoms with van der Waals surface area (Å²) in [5.41, 5.74) is 1.92. The Kier molecular flexibility index (Phi) is 7.34. The number of esters is 1. The molecule has 0 fully saturated rings. The van der Waals surface area contributed by atoms with Crippen molar-refractivity contribution < 1.29 is 19.1 Å². The van der Waals surface area contributed by atoms with Crippen molar-refractivity contribution in [2.24, 2.45) is 0 Å². The molecule has 154 valence electrons. The van der Waals surface area contributed by atoms with Crippen molar-refractivity contribution in [2.45, 2.75) is 13.0 Å². The monoisotopic (exact) mass is 422 g/mol. The number of thiophene rings is 1. The molecule has 30 heavy (non-hydrogen) atoms. The molecule has 1 heterocycles. The van der Waals surface area contributed by atoms with Crippen LogP contribution in [0.2, 0.25) is 0 Å². The topological polar surface area (TPSA) is 75.7 Å². The van der Waals surface area contributed by atoms with E-state index >= 15 is 0 Å². The number of rotatable bonds is 8. The average Bonchev–Trinajstić information content (AvgIpc) is 3.32. The Bertz CT molecular complexity index is 1000. The summed E-state index contributed by atoms with van der Waals surface area (Å²) >= 11 is 1.35. The predicted octanol–water partition coefficient (Wildman–Crippen LogP) is 4.21. The average molecular weight is 423 g/mol. The predicted molar refractivity (Wildman–Crippen MR) is 117 cm³/mol. The van der Waals surface area contributed by atoms with E-state index in [2.05, 4.69) is 5.32 Å². The maximum absolute atomic E-state index is 13.2. The number of carbonyl (C=O) groups is 3. The summed E-state index contributed by atoms with van der Waals surface area (Å²) in [7, 11) is 1.32. The number of anilines is 1. The van der Waals surface area contributed by atoms with E-state index in [-0.39, 0.29) is 30.7 Å². The molecule has 1 N–H and O–H groups in total. The Morgan fingerprint density at radius 2 is 1.80 bits per heavy atom. The second-order valence-electron chi connectivity index (χ2n) is 6.55. The molecule has 3 aromatic rings. The summed E-state index contributed by atoms with van der Waals surface area (Å²) in [5, 5.41) is 4.65. The third kappa shape index (κ3) is 5.78. The van der Waals surface area contributed by atoms with Crippen LogP contribution in [0.4, 0.5) is 5.69 Å². The Balaban J connectivity index is 1.77. The minimum absolute atomic E-state index is 0.101. The molecule has 2 aromatic carbocycles. The van der Waals surface area contributed by atoms with Crippen LogP contribution in [0.1, 0.15) is 32.0 Å². The summed E-state index contributed by atoms with van der Waals surface area (Å²) in [5.74, 6) is -0.825. The van der Waals surface area contributed by atoms with Crippen molar-refractivity contribution >= 4 is 34.8 Å². The zero-order chi connectivity index (χ0) is 21.3. The molecule has 0 unspecified atom stereocenters. The Morgan fingerprint density at radius 3 is 2.50 bits per heavy atom. The third-order valence-corrected chi connectivity index (χ3v) is 5.30. The van der Waals surface area contributed by atoms with Gasteiger partial charge in [0, 0.05) is 24.3 Å². The van der Waals surface area contributed by atoms with Gasteiger partial charge in [0.2, 0.25) is 0 Å². The van der Waals surface area contributed by atoms with Gasteiger partial charge in [-0.1, -0.05) is 42.5 Å². The van der Waals surface area contributed by atoms with Gasteiger partial charge in [0.1, 0.15) is 0 Å². The van der Waals surface area contributed by atoms with E-state index < -0.39 is 0 Å². The SMILES string of the molecule is COC(=O)CCN(Cc1ccccc1)C(=O)c1cccc(NC(=O)c2cccs2)c1. The van der Waals surface area contributed by atoms with Crippen LogP contribution in [0.15, 0.2) is 72.1 Å². The summed E-state index contributed by atoms with van der Waals surface area (Å²) in [6.07, 6.45) is 0.101. The number of amides is 2. The van der Waals surface area contributed by atoms with Crippen LogP contribution in [0.25, 0.3) is 0 Å². The molecule has 0 bridgehead atoms. The second kappa shape index (κ2) is 10.4. The second-order valence-corrected chi connectivity index (χ2v) is 7.50. The molecule has 3 rings (SSSR count). The van der Waals surface area contributed by atoms with Gasteiger partial charge in [0.15, 0.2) is 0 Å². The van der Waals surface area contributed by atoms with Crippen molar-refractivity contribution in [3.63, 3.8) is 0 Å². The van der Waals surface area contributed by atoms with Crippen LogP contribution in [0, 0.1) is 0 Å². The maximum atomic E-state index is 13.2. The summed E-state index contributed by atoms with van der Waals surface area (Å²) < 4.78 is 4.71.